The van der Waals surface area contributed by atoms with E-state index in [1.807, 2.05) is 0 Å². The summed E-state index contributed by atoms with van der Waals surface area (Å²) in [5.74, 6) is 5.18. The highest BCUT2D eigenvalue weighted by Gasteiger charge is 2.59. The van der Waals surface area contributed by atoms with Crippen LogP contribution in [-0.4, -0.2) is 42.3 Å². The highest BCUT2D eigenvalue weighted by Crippen LogP contribution is 2.67. The molecule has 0 aromatic heterocycles. The van der Waals surface area contributed by atoms with Crippen molar-refractivity contribution in [1.82, 2.24) is 0 Å². The highest BCUT2D eigenvalue weighted by molar-refractivity contribution is 7.46. The molecule has 0 heterocycles. The monoisotopic (exact) mass is 554 g/mol. The van der Waals surface area contributed by atoms with Crippen molar-refractivity contribution in [1.29, 1.82) is 0 Å². The average Bonchev–Trinajstić information content (AvgIpc) is 3.20. The van der Waals surface area contributed by atoms with Crippen LogP contribution in [0, 0.1) is 46.3 Å². The van der Waals surface area contributed by atoms with Gasteiger partial charge in [-0.05, 0) is 97.7 Å². The Labute approximate surface area is 231 Å². The van der Waals surface area contributed by atoms with Gasteiger partial charge in [0.05, 0.1) is 32.5 Å². The van der Waals surface area contributed by atoms with Crippen LogP contribution < -0.4 is 0 Å². The normalized spacial score (nSPS) is 37.9. The maximum atomic E-state index is 10.7. The molecule has 0 aromatic rings. The highest BCUT2D eigenvalue weighted by atomic mass is 31.2. The summed E-state index contributed by atoms with van der Waals surface area (Å²) in [4.78, 5) is 17.4. The molecule has 6 nitrogen and oxygen atoms in total. The molecule has 3 saturated carbocycles. The fourth-order valence-corrected chi connectivity index (χ4v) is 9.70. The third-order valence-corrected chi connectivity index (χ3v) is 11.8. The van der Waals surface area contributed by atoms with E-state index in [0.717, 1.165) is 48.3 Å². The third-order valence-electron chi connectivity index (χ3n) is 11.3. The lowest BCUT2D eigenvalue weighted by Crippen LogP contribution is -2.51. The molecule has 0 aliphatic heterocycles. The van der Waals surface area contributed by atoms with E-state index in [2.05, 4.69) is 45.2 Å². The molecule has 3 fully saturated rings. The molecule has 0 amide bonds. The van der Waals surface area contributed by atoms with Gasteiger partial charge >= 0.3 is 7.82 Å². The van der Waals surface area contributed by atoms with Crippen molar-refractivity contribution in [2.45, 2.75) is 111 Å². The third kappa shape index (κ3) is 6.97. The fourth-order valence-electron chi connectivity index (χ4n) is 9.39. The van der Waals surface area contributed by atoms with Gasteiger partial charge in [0.1, 0.15) is 0 Å². The van der Waals surface area contributed by atoms with E-state index in [1.54, 1.807) is 5.57 Å². The molecule has 8 atom stereocenters. The molecule has 0 unspecified atom stereocenters. The number of phosphoric acid groups is 1. The molecule has 0 aromatic carbocycles. The van der Waals surface area contributed by atoms with E-state index >= 15 is 0 Å². The van der Waals surface area contributed by atoms with E-state index in [4.69, 9.17) is 19.3 Å². The number of phosphoric ester groups is 1. The van der Waals surface area contributed by atoms with E-state index < -0.39 is 7.82 Å². The Kier molecular flexibility index (Phi) is 10.3. The molecule has 4 rings (SSSR count). The van der Waals surface area contributed by atoms with Gasteiger partial charge in [0.15, 0.2) is 0 Å². The van der Waals surface area contributed by atoms with Crippen LogP contribution in [0.15, 0.2) is 11.6 Å². The van der Waals surface area contributed by atoms with Crippen LogP contribution in [0.1, 0.15) is 105 Å². The molecule has 7 heteroatoms. The van der Waals surface area contributed by atoms with Crippen molar-refractivity contribution in [2.75, 3.05) is 26.4 Å². The first kappa shape index (κ1) is 30.7. The molecule has 4 aliphatic rings. The Bertz CT molecular complexity index is 853. The lowest BCUT2D eigenvalue weighted by Gasteiger charge is -2.58. The van der Waals surface area contributed by atoms with Crippen molar-refractivity contribution in [2.24, 2.45) is 46.3 Å². The zero-order valence-electron chi connectivity index (χ0n) is 24.7. The van der Waals surface area contributed by atoms with E-state index in [1.165, 1.54) is 57.8 Å². The van der Waals surface area contributed by atoms with Gasteiger partial charge in [-0.2, -0.15) is 0 Å². The zero-order chi connectivity index (χ0) is 27.6. The van der Waals surface area contributed by atoms with Crippen molar-refractivity contribution in [3.63, 3.8) is 0 Å². The maximum Gasteiger partial charge on any atom is 0.469 e. The second-order valence-corrected chi connectivity index (χ2v) is 15.2. The predicted octanol–water partition coefficient (Wildman–Crippen LogP) is 7.54. The summed E-state index contributed by atoms with van der Waals surface area (Å²) in [6.45, 7) is 13.5. The Balaban J connectivity index is 1.28. The first-order valence-corrected chi connectivity index (χ1v) is 17.1. The van der Waals surface area contributed by atoms with E-state index in [0.29, 0.717) is 24.0 Å². The smallest absolute Gasteiger partial charge is 0.377 e. The molecule has 0 spiro atoms. The molecular weight excluding hydrogens is 499 g/mol. The van der Waals surface area contributed by atoms with Gasteiger partial charge in [0.25, 0.3) is 0 Å². The van der Waals surface area contributed by atoms with Gasteiger partial charge in [-0.3, -0.25) is 4.52 Å². The Hall–Kier alpha value is -0.230. The number of hydrogen-bond acceptors (Lipinski definition) is 4. The van der Waals surface area contributed by atoms with Crippen molar-refractivity contribution in [3.05, 3.63) is 11.6 Å². The van der Waals surface area contributed by atoms with Crippen molar-refractivity contribution >= 4 is 7.82 Å². The van der Waals surface area contributed by atoms with Crippen LogP contribution in [-0.2, 0) is 18.6 Å². The van der Waals surface area contributed by atoms with Crippen molar-refractivity contribution in [3.8, 4) is 0 Å². The van der Waals surface area contributed by atoms with Gasteiger partial charge in [-0.15, -0.1) is 0 Å². The molecule has 0 radical (unpaired) electrons. The molecule has 2 N–H and O–H groups in total. The summed E-state index contributed by atoms with van der Waals surface area (Å²) in [5.41, 5.74) is 2.52. The summed E-state index contributed by atoms with van der Waals surface area (Å²) < 4.78 is 26.7. The second-order valence-electron chi connectivity index (χ2n) is 14.0. The first-order chi connectivity index (χ1) is 17.9. The lowest BCUT2D eigenvalue weighted by molar-refractivity contribution is -0.0682. The number of hydrogen-bond donors (Lipinski definition) is 2. The van der Waals surface area contributed by atoms with Gasteiger partial charge < -0.3 is 19.3 Å². The van der Waals surface area contributed by atoms with Crippen LogP contribution in [0.3, 0.4) is 0 Å². The minimum absolute atomic E-state index is 0.112. The number of allylic oxidation sites excluding steroid dienone is 1. The maximum absolute atomic E-state index is 10.7. The lowest BCUT2D eigenvalue weighted by atomic mass is 9.47. The minimum Gasteiger partial charge on any atom is -0.377 e. The molecule has 4 aliphatic carbocycles. The molecule has 0 bridgehead atoms. The van der Waals surface area contributed by atoms with Crippen LogP contribution in [0.4, 0.5) is 0 Å². The van der Waals surface area contributed by atoms with E-state index in [9.17, 15) is 4.57 Å². The Morgan fingerprint density at radius 2 is 1.74 bits per heavy atom. The van der Waals surface area contributed by atoms with Crippen LogP contribution in [0.2, 0.25) is 0 Å². The summed E-state index contributed by atoms with van der Waals surface area (Å²) in [6, 6.07) is 0. The summed E-state index contributed by atoms with van der Waals surface area (Å²) >= 11 is 0. The summed E-state index contributed by atoms with van der Waals surface area (Å²) in [6.07, 6.45) is 17.4. The Morgan fingerprint density at radius 3 is 2.47 bits per heavy atom. The summed E-state index contributed by atoms with van der Waals surface area (Å²) in [7, 11) is -4.42. The van der Waals surface area contributed by atoms with Gasteiger partial charge in [-0.1, -0.05) is 65.5 Å². The van der Waals surface area contributed by atoms with Crippen LogP contribution in [0.25, 0.3) is 0 Å². The zero-order valence-corrected chi connectivity index (χ0v) is 25.6. The predicted molar refractivity (Wildman–Crippen MR) is 152 cm³/mol. The standard InChI is InChI=1S/C31H55O6P/c1-22(2)7-6-8-23(3)27-11-12-28-26-10-9-24-21-25(36-19-17-35-18-20-37-38(32,33)34)13-15-30(24,4)29(26)14-16-31(27,28)5/h9,22-23,25-29H,6-8,10-21H2,1-5H3,(H2,32,33,34)/t23-,25+,26+,27-,28+,29+,30+,31-/m1/s1. The quantitative estimate of drug-likeness (QED) is 0.139. The number of ether oxygens (including phenoxy) is 2. The number of fused-ring (bicyclic) bond motifs is 5. The van der Waals surface area contributed by atoms with Crippen molar-refractivity contribution < 1.29 is 28.3 Å². The SMILES string of the molecule is CC(C)CCC[C@@H](C)[C@H]1CC[C@H]2[C@@H]3CC=C4C[C@@H](OCCOCCOP(=O)(O)O)CC[C@]4(C)[C@H]3CC[C@]12C. The molecule has 38 heavy (non-hydrogen) atoms. The van der Waals surface area contributed by atoms with Crippen LogP contribution >= 0.6 is 7.82 Å². The molecule has 220 valence electrons. The number of rotatable bonds is 13. The average molecular weight is 555 g/mol. The Morgan fingerprint density at radius 1 is 0.974 bits per heavy atom. The topological polar surface area (TPSA) is 85.2 Å². The summed E-state index contributed by atoms with van der Waals surface area (Å²) in [5, 5.41) is 0. The minimum atomic E-state index is -4.42. The largest absolute Gasteiger partial charge is 0.469 e. The van der Waals surface area contributed by atoms with Gasteiger partial charge in [0, 0.05) is 0 Å². The molecular formula is C31H55O6P. The fraction of sp³-hybridized carbons (Fsp3) is 0.935. The first-order valence-electron chi connectivity index (χ1n) is 15.5. The second kappa shape index (κ2) is 12.7. The molecule has 0 saturated heterocycles. The van der Waals surface area contributed by atoms with Gasteiger partial charge in [-0.25, -0.2) is 4.57 Å². The van der Waals surface area contributed by atoms with Gasteiger partial charge in [0.2, 0.25) is 0 Å². The van der Waals surface area contributed by atoms with Crippen LogP contribution in [0.5, 0.6) is 0 Å². The van der Waals surface area contributed by atoms with E-state index in [-0.39, 0.29) is 19.3 Å².